The lowest BCUT2D eigenvalue weighted by Gasteiger charge is -2.41. The molecule has 2 aromatic carbocycles. The molecule has 1 saturated heterocycles. The topological polar surface area (TPSA) is 89.7 Å². The molecule has 8 heteroatoms. The van der Waals surface area contributed by atoms with Crippen molar-refractivity contribution in [1.82, 2.24) is 4.31 Å². The Labute approximate surface area is 183 Å². The fourth-order valence-corrected chi connectivity index (χ4v) is 5.66. The van der Waals surface area contributed by atoms with Crippen LogP contribution < -0.4 is 10.5 Å². The summed E-state index contributed by atoms with van der Waals surface area (Å²) in [6.07, 6.45) is 2.16. The maximum Gasteiger partial charge on any atom is 0.243 e. The number of carbonyl (C=O) groups excluding carboxylic acids is 1. The third-order valence-electron chi connectivity index (χ3n) is 5.49. The lowest BCUT2D eigenvalue weighted by atomic mass is 9.78. The minimum absolute atomic E-state index is 0.0500. The van der Waals surface area contributed by atoms with Gasteiger partial charge < -0.3 is 10.5 Å². The van der Waals surface area contributed by atoms with Crippen molar-refractivity contribution in [3.05, 3.63) is 59.1 Å². The summed E-state index contributed by atoms with van der Waals surface area (Å²) in [5.41, 5.74) is 5.90. The molecule has 3 rings (SSSR count). The van der Waals surface area contributed by atoms with Crippen molar-refractivity contribution < 1.29 is 17.9 Å². The first-order valence-electron chi connectivity index (χ1n) is 10.00. The van der Waals surface area contributed by atoms with E-state index in [0.717, 1.165) is 12.0 Å². The third-order valence-corrected chi connectivity index (χ3v) is 7.58. The lowest BCUT2D eigenvalue weighted by molar-refractivity contribution is -0.121. The lowest BCUT2D eigenvalue weighted by Crippen LogP contribution is -2.50. The summed E-state index contributed by atoms with van der Waals surface area (Å²) in [5, 5.41) is 0.542. The number of benzene rings is 2. The smallest absolute Gasteiger partial charge is 0.243 e. The number of hydrogen-bond donors (Lipinski definition) is 1. The Bertz CT molecular complexity index is 994. The number of rotatable bonds is 8. The van der Waals surface area contributed by atoms with Gasteiger partial charge in [-0.25, -0.2) is 8.42 Å². The highest BCUT2D eigenvalue weighted by Crippen LogP contribution is 2.37. The normalized spacial score (nSPS) is 20.1. The average molecular weight is 451 g/mol. The first-order valence-corrected chi connectivity index (χ1v) is 11.8. The van der Waals surface area contributed by atoms with Gasteiger partial charge >= 0.3 is 0 Å². The summed E-state index contributed by atoms with van der Waals surface area (Å²) in [6, 6.07) is 13.9. The predicted octanol–water partition coefficient (Wildman–Crippen LogP) is 3.63. The van der Waals surface area contributed by atoms with Crippen LogP contribution in [0.1, 0.15) is 31.7 Å². The van der Waals surface area contributed by atoms with Gasteiger partial charge in [0, 0.05) is 29.9 Å². The van der Waals surface area contributed by atoms with Crippen molar-refractivity contribution in [2.24, 2.45) is 11.1 Å². The van der Waals surface area contributed by atoms with Crippen molar-refractivity contribution in [3.8, 4) is 5.75 Å². The van der Waals surface area contributed by atoms with Crippen LogP contribution in [0.3, 0.4) is 0 Å². The molecule has 1 fully saturated rings. The second kappa shape index (κ2) is 9.37. The molecule has 162 valence electrons. The maximum absolute atomic E-state index is 13.2. The van der Waals surface area contributed by atoms with Gasteiger partial charge in [-0.3, -0.25) is 4.79 Å². The van der Waals surface area contributed by atoms with Gasteiger partial charge in [0.1, 0.15) is 5.75 Å². The maximum atomic E-state index is 13.2. The molecule has 0 radical (unpaired) electrons. The number of sulfonamides is 1. The number of nitrogens with zero attached hydrogens (tertiary/aromatic N) is 1. The van der Waals surface area contributed by atoms with E-state index in [0.29, 0.717) is 30.2 Å². The van der Waals surface area contributed by atoms with Crippen LogP contribution in [0.25, 0.3) is 0 Å². The van der Waals surface area contributed by atoms with E-state index in [9.17, 15) is 13.2 Å². The first kappa shape index (κ1) is 22.6. The van der Waals surface area contributed by atoms with Gasteiger partial charge in [-0.1, -0.05) is 36.7 Å². The zero-order valence-electron chi connectivity index (χ0n) is 17.0. The van der Waals surface area contributed by atoms with E-state index < -0.39 is 21.3 Å². The van der Waals surface area contributed by atoms with Crippen LogP contribution in [0.2, 0.25) is 5.02 Å². The summed E-state index contributed by atoms with van der Waals surface area (Å²) in [7, 11) is -3.68. The van der Waals surface area contributed by atoms with Crippen LogP contribution in [0.15, 0.2) is 53.4 Å². The van der Waals surface area contributed by atoms with E-state index in [1.54, 1.807) is 36.4 Å². The Morgan fingerprint density at radius 1 is 1.23 bits per heavy atom. The van der Waals surface area contributed by atoms with Gasteiger partial charge in [-0.15, -0.1) is 0 Å². The molecular weight excluding hydrogens is 424 g/mol. The van der Waals surface area contributed by atoms with Crippen LogP contribution in [-0.4, -0.2) is 38.3 Å². The Morgan fingerprint density at radius 3 is 2.60 bits per heavy atom. The molecule has 1 amide bonds. The summed E-state index contributed by atoms with van der Waals surface area (Å²) in [5.74, 6) is 0.0951. The number of nitrogens with two attached hydrogens (primary N) is 1. The average Bonchev–Trinajstić information content (AvgIpc) is 2.72. The quantitative estimate of drug-likeness (QED) is 0.665. The molecule has 1 aliphatic heterocycles. The molecule has 1 atom stereocenters. The molecule has 0 unspecified atom stereocenters. The number of primary amides is 1. The fourth-order valence-electron chi connectivity index (χ4n) is 3.89. The molecule has 0 aliphatic carbocycles. The third kappa shape index (κ3) is 5.33. The number of hydrogen-bond acceptors (Lipinski definition) is 4. The zero-order valence-corrected chi connectivity index (χ0v) is 18.6. The monoisotopic (exact) mass is 450 g/mol. The van der Waals surface area contributed by atoms with E-state index in [-0.39, 0.29) is 24.5 Å². The molecule has 0 spiro atoms. The van der Waals surface area contributed by atoms with Crippen molar-refractivity contribution in [3.63, 3.8) is 0 Å². The van der Waals surface area contributed by atoms with E-state index in [1.165, 1.54) is 4.31 Å². The van der Waals surface area contributed by atoms with E-state index in [4.69, 9.17) is 22.1 Å². The van der Waals surface area contributed by atoms with Crippen molar-refractivity contribution >= 4 is 27.5 Å². The molecule has 0 saturated carbocycles. The fraction of sp³-hybridized carbons (Fsp3) is 0.409. The SMILES string of the molecule is CCc1ccc(S(=O)(=O)N2CCC[C@](COc3cccc(Cl)c3)(CC(N)=O)C2)cc1. The molecular formula is C22H27ClN2O4S. The first-order chi connectivity index (χ1) is 14.2. The Balaban J connectivity index is 1.82. The molecule has 2 aromatic rings. The largest absolute Gasteiger partial charge is 0.493 e. The Hall–Kier alpha value is -2.09. The van der Waals surface area contributed by atoms with Crippen LogP contribution in [0.5, 0.6) is 5.75 Å². The minimum Gasteiger partial charge on any atom is -0.493 e. The van der Waals surface area contributed by atoms with Crippen LogP contribution in [0, 0.1) is 5.41 Å². The molecule has 30 heavy (non-hydrogen) atoms. The Morgan fingerprint density at radius 2 is 1.97 bits per heavy atom. The standard InChI is InChI=1S/C22H27ClN2O4S/c1-2-17-7-9-20(10-8-17)30(27,28)25-12-4-11-22(15-25,14-21(24)26)16-29-19-6-3-5-18(23)13-19/h3,5-10,13H,2,4,11-12,14-16H2,1H3,(H2,24,26)/t22-/m0/s1. The van der Waals surface area contributed by atoms with Gasteiger partial charge in [0.25, 0.3) is 0 Å². The molecule has 1 heterocycles. The second-order valence-electron chi connectivity index (χ2n) is 7.83. The number of aryl methyl sites for hydroxylation is 1. The van der Waals surface area contributed by atoms with Gasteiger partial charge in [-0.2, -0.15) is 4.31 Å². The van der Waals surface area contributed by atoms with Gasteiger partial charge in [0.05, 0.1) is 11.5 Å². The molecule has 1 aliphatic rings. The van der Waals surface area contributed by atoms with E-state index in [2.05, 4.69) is 0 Å². The molecule has 0 bridgehead atoms. The number of halogens is 1. The summed E-state index contributed by atoms with van der Waals surface area (Å²) in [6.45, 7) is 2.77. The highest BCUT2D eigenvalue weighted by Gasteiger charge is 2.42. The number of piperidine rings is 1. The van der Waals surface area contributed by atoms with Gasteiger partial charge in [-0.05, 0) is 55.2 Å². The predicted molar refractivity (Wildman–Crippen MR) is 117 cm³/mol. The van der Waals surface area contributed by atoms with E-state index >= 15 is 0 Å². The van der Waals surface area contributed by atoms with Crippen LogP contribution in [-0.2, 0) is 21.2 Å². The summed E-state index contributed by atoms with van der Waals surface area (Å²) < 4.78 is 33.8. The van der Waals surface area contributed by atoms with Gasteiger partial charge in [0.15, 0.2) is 0 Å². The molecule has 6 nitrogen and oxygen atoms in total. The van der Waals surface area contributed by atoms with Crippen molar-refractivity contribution in [1.29, 1.82) is 0 Å². The Kier molecular flexibility index (Phi) is 7.06. The number of ether oxygens (including phenoxy) is 1. The zero-order chi connectivity index (χ0) is 21.8. The summed E-state index contributed by atoms with van der Waals surface area (Å²) in [4.78, 5) is 12.1. The van der Waals surface area contributed by atoms with Crippen molar-refractivity contribution in [2.45, 2.75) is 37.5 Å². The number of carbonyl (C=O) groups is 1. The van der Waals surface area contributed by atoms with Gasteiger partial charge in [0.2, 0.25) is 15.9 Å². The number of amides is 1. The summed E-state index contributed by atoms with van der Waals surface area (Å²) >= 11 is 6.02. The van der Waals surface area contributed by atoms with E-state index in [1.807, 2.05) is 19.1 Å². The second-order valence-corrected chi connectivity index (χ2v) is 10.2. The van der Waals surface area contributed by atoms with Crippen molar-refractivity contribution in [2.75, 3.05) is 19.7 Å². The van der Waals surface area contributed by atoms with Crippen LogP contribution in [0.4, 0.5) is 0 Å². The molecule has 2 N–H and O–H groups in total. The molecule has 0 aromatic heterocycles. The highest BCUT2D eigenvalue weighted by atomic mass is 35.5. The highest BCUT2D eigenvalue weighted by molar-refractivity contribution is 7.89. The minimum atomic E-state index is -3.68. The van der Waals surface area contributed by atoms with Crippen LogP contribution >= 0.6 is 11.6 Å².